The average Bonchev–Trinajstić information content (AvgIpc) is 2.91. The first-order chi connectivity index (χ1) is 17.5. The highest BCUT2D eigenvalue weighted by molar-refractivity contribution is 6.45. The standard InChI is InChI=1S/C27H50BN3O8/c1-17(30-23(35)37-25(6,7)8)21(33)29-16-19(20(31-18(2)32)22(34)36-24(3,4)5)14-13-15-28-38-26(9,10)27(11,12)39-28/h17,19-20H,13-16H2,1-12H3,(H,29,33)(H,30,35)(H,31,32)/t17-,19+,20-/m0/s1. The van der Waals surface area contributed by atoms with Crippen LogP contribution < -0.4 is 16.0 Å². The van der Waals surface area contributed by atoms with E-state index in [-0.39, 0.29) is 6.54 Å². The zero-order valence-corrected chi connectivity index (χ0v) is 25.9. The van der Waals surface area contributed by atoms with Crippen LogP contribution in [0, 0.1) is 5.92 Å². The molecule has 11 nitrogen and oxygen atoms in total. The summed E-state index contributed by atoms with van der Waals surface area (Å²) in [4.78, 5) is 50.0. The Morgan fingerprint density at radius 3 is 1.85 bits per heavy atom. The average molecular weight is 556 g/mol. The minimum atomic E-state index is -0.991. The van der Waals surface area contributed by atoms with Crippen LogP contribution in [0.2, 0.25) is 6.32 Å². The molecule has 0 spiro atoms. The van der Waals surface area contributed by atoms with Crippen LogP contribution in [0.25, 0.3) is 0 Å². The number of nitrogens with one attached hydrogen (secondary N) is 3. The summed E-state index contributed by atoms with van der Waals surface area (Å²) in [5.41, 5.74) is -2.40. The highest BCUT2D eigenvalue weighted by atomic mass is 16.7. The fourth-order valence-electron chi connectivity index (χ4n) is 3.90. The molecular formula is C27H50BN3O8. The topological polar surface area (TPSA) is 141 Å². The van der Waals surface area contributed by atoms with Gasteiger partial charge in [0.2, 0.25) is 11.8 Å². The van der Waals surface area contributed by atoms with Crippen molar-refractivity contribution in [3.8, 4) is 0 Å². The van der Waals surface area contributed by atoms with Crippen molar-refractivity contribution >= 4 is 31.0 Å². The highest BCUT2D eigenvalue weighted by Crippen LogP contribution is 2.38. The smallest absolute Gasteiger partial charge is 0.457 e. The molecule has 1 rings (SSSR count). The molecule has 3 atom stereocenters. The van der Waals surface area contributed by atoms with Gasteiger partial charge < -0.3 is 34.7 Å². The van der Waals surface area contributed by atoms with Gasteiger partial charge in [-0.05, 0) is 88.9 Å². The second-order valence-electron chi connectivity index (χ2n) is 13.2. The Kier molecular flexibility index (Phi) is 11.9. The molecule has 0 aliphatic carbocycles. The minimum Gasteiger partial charge on any atom is -0.458 e. The van der Waals surface area contributed by atoms with E-state index < -0.39 is 71.4 Å². The zero-order chi connectivity index (χ0) is 30.4. The predicted octanol–water partition coefficient (Wildman–Crippen LogP) is 3.35. The van der Waals surface area contributed by atoms with Gasteiger partial charge in [-0.1, -0.05) is 6.42 Å². The molecule has 0 bridgehead atoms. The van der Waals surface area contributed by atoms with Crippen molar-refractivity contribution in [1.29, 1.82) is 0 Å². The van der Waals surface area contributed by atoms with Gasteiger partial charge in [0.25, 0.3) is 0 Å². The molecule has 1 saturated heterocycles. The number of esters is 1. The van der Waals surface area contributed by atoms with Crippen LogP contribution in [-0.4, -0.2) is 72.0 Å². The minimum absolute atomic E-state index is 0.0622. The van der Waals surface area contributed by atoms with Gasteiger partial charge in [0.15, 0.2) is 0 Å². The maximum absolute atomic E-state index is 13.1. The Hall–Kier alpha value is -2.34. The van der Waals surface area contributed by atoms with Crippen LogP contribution in [0.5, 0.6) is 0 Å². The van der Waals surface area contributed by atoms with Gasteiger partial charge in [-0.2, -0.15) is 0 Å². The summed E-state index contributed by atoms with van der Waals surface area (Å²) in [5.74, 6) is -1.94. The van der Waals surface area contributed by atoms with Gasteiger partial charge >= 0.3 is 19.2 Å². The van der Waals surface area contributed by atoms with Crippen molar-refractivity contribution in [2.24, 2.45) is 5.92 Å². The van der Waals surface area contributed by atoms with Crippen molar-refractivity contribution < 1.29 is 38.0 Å². The molecule has 0 aromatic carbocycles. The lowest BCUT2D eigenvalue weighted by molar-refractivity contribution is -0.160. The van der Waals surface area contributed by atoms with Gasteiger partial charge in [-0.25, -0.2) is 9.59 Å². The van der Waals surface area contributed by atoms with Crippen molar-refractivity contribution in [2.75, 3.05) is 6.54 Å². The summed E-state index contributed by atoms with van der Waals surface area (Å²) >= 11 is 0. The molecule has 12 heteroatoms. The first-order valence-corrected chi connectivity index (χ1v) is 13.7. The molecule has 0 radical (unpaired) electrons. The summed E-state index contributed by atoms with van der Waals surface area (Å²) in [6.07, 6.45) is 0.911. The molecule has 1 aliphatic heterocycles. The second kappa shape index (κ2) is 13.3. The largest absolute Gasteiger partial charge is 0.458 e. The van der Waals surface area contributed by atoms with E-state index in [1.54, 1.807) is 41.5 Å². The molecule has 1 aliphatic rings. The zero-order valence-electron chi connectivity index (χ0n) is 25.9. The van der Waals surface area contributed by atoms with Gasteiger partial charge in [0.05, 0.1) is 11.2 Å². The van der Waals surface area contributed by atoms with E-state index in [1.165, 1.54) is 13.8 Å². The Morgan fingerprint density at radius 1 is 0.872 bits per heavy atom. The SMILES string of the molecule is CC(=O)N[C@H](C(=O)OC(C)(C)C)[C@H](CCCB1OC(C)(C)C(C)(C)O1)CNC(=O)[C@H](C)NC(=O)OC(C)(C)C. The summed E-state index contributed by atoms with van der Waals surface area (Å²) in [5, 5.41) is 8.00. The number of hydrogen-bond acceptors (Lipinski definition) is 8. The molecule has 0 aromatic heterocycles. The van der Waals surface area contributed by atoms with Gasteiger partial charge in [-0.3, -0.25) is 9.59 Å². The third kappa shape index (κ3) is 12.2. The molecule has 224 valence electrons. The van der Waals surface area contributed by atoms with Crippen LogP contribution >= 0.6 is 0 Å². The van der Waals surface area contributed by atoms with Gasteiger partial charge in [0, 0.05) is 19.4 Å². The predicted molar refractivity (Wildman–Crippen MR) is 149 cm³/mol. The summed E-state index contributed by atoms with van der Waals surface area (Å²) in [6.45, 7) is 21.3. The summed E-state index contributed by atoms with van der Waals surface area (Å²) in [6, 6.07) is -1.87. The van der Waals surface area contributed by atoms with E-state index >= 15 is 0 Å². The van der Waals surface area contributed by atoms with E-state index in [1.807, 2.05) is 27.7 Å². The molecule has 3 N–H and O–H groups in total. The maximum Gasteiger partial charge on any atom is 0.457 e. The number of rotatable bonds is 11. The van der Waals surface area contributed by atoms with E-state index in [0.717, 1.165) is 0 Å². The number of carbonyl (C=O) groups excluding carboxylic acids is 4. The Labute approximate surface area is 234 Å². The van der Waals surface area contributed by atoms with Crippen LogP contribution in [0.4, 0.5) is 4.79 Å². The third-order valence-corrected chi connectivity index (χ3v) is 6.47. The molecule has 3 amide bonds. The van der Waals surface area contributed by atoms with Crippen LogP contribution in [-0.2, 0) is 33.2 Å². The number of alkyl carbamates (subject to hydrolysis) is 1. The monoisotopic (exact) mass is 555 g/mol. The summed E-state index contributed by atoms with van der Waals surface area (Å²) in [7, 11) is -0.413. The van der Waals surface area contributed by atoms with Crippen LogP contribution in [0.15, 0.2) is 0 Å². The molecule has 1 fully saturated rings. The normalized spacial score (nSPS) is 18.9. The van der Waals surface area contributed by atoms with Crippen molar-refractivity contribution in [2.45, 2.75) is 137 Å². The molecule has 0 saturated carbocycles. The maximum atomic E-state index is 13.1. The third-order valence-electron chi connectivity index (χ3n) is 6.47. The lowest BCUT2D eigenvalue weighted by Crippen LogP contribution is -2.53. The Bertz CT molecular complexity index is 863. The Morgan fingerprint density at radius 2 is 1.38 bits per heavy atom. The number of ether oxygens (including phenoxy) is 2. The highest BCUT2D eigenvalue weighted by Gasteiger charge is 2.50. The lowest BCUT2D eigenvalue weighted by atomic mass is 9.80. The summed E-state index contributed by atoms with van der Waals surface area (Å²) < 4.78 is 23.0. The quantitative estimate of drug-likeness (QED) is 0.260. The van der Waals surface area contributed by atoms with E-state index in [9.17, 15) is 19.2 Å². The lowest BCUT2D eigenvalue weighted by Gasteiger charge is -2.32. The first-order valence-electron chi connectivity index (χ1n) is 13.7. The first kappa shape index (κ1) is 34.7. The molecule has 1 heterocycles. The van der Waals surface area contributed by atoms with Crippen molar-refractivity contribution in [3.63, 3.8) is 0 Å². The Balaban J connectivity index is 2.97. The van der Waals surface area contributed by atoms with E-state index in [2.05, 4.69) is 16.0 Å². The van der Waals surface area contributed by atoms with Gasteiger partial charge in [-0.15, -0.1) is 0 Å². The number of hydrogen-bond donors (Lipinski definition) is 3. The second-order valence-corrected chi connectivity index (χ2v) is 13.2. The fourth-order valence-corrected chi connectivity index (χ4v) is 3.90. The fraction of sp³-hybridized carbons (Fsp3) is 0.852. The molecule has 39 heavy (non-hydrogen) atoms. The van der Waals surface area contributed by atoms with Crippen molar-refractivity contribution in [3.05, 3.63) is 0 Å². The van der Waals surface area contributed by atoms with Crippen LogP contribution in [0.1, 0.15) is 95.9 Å². The number of amides is 3. The molecule has 0 unspecified atom stereocenters. The van der Waals surface area contributed by atoms with E-state index in [4.69, 9.17) is 18.8 Å². The van der Waals surface area contributed by atoms with E-state index in [0.29, 0.717) is 19.2 Å². The van der Waals surface area contributed by atoms with Gasteiger partial charge in [0.1, 0.15) is 23.3 Å². The number of carbonyl (C=O) groups is 4. The molecule has 0 aromatic rings. The van der Waals surface area contributed by atoms with Crippen molar-refractivity contribution in [1.82, 2.24) is 16.0 Å². The van der Waals surface area contributed by atoms with Crippen LogP contribution in [0.3, 0.4) is 0 Å². The molecular weight excluding hydrogens is 505 g/mol.